The molecule has 1 aromatic rings. The van der Waals surface area contributed by atoms with Crippen LogP contribution in [-0.4, -0.2) is 35.1 Å². The van der Waals surface area contributed by atoms with Crippen molar-refractivity contribution in [2.75, 3.05) is 7.05 Å². The van der Waals surface area contributed by atoms with Crippen molar-refractivity contribution in [1.29, 1.82) is 0 Å². The number of rotatable bonds is 2. The lowest BCUT2D eigenvalue weighted by molar-refractivity contribution is -0.146. The summed E-state index contributed by atoms with van der Waals surface area (Å²) in [7, 11) is 2.09. The van der Waals surface area contributed by atoms with Gasteiger partial charge in [0.15, 0.2) is 0 Å². The molecule has 2 unspecified atom stereocenters. The summed E-state index contributed by atoms with van der Waals surface area (Å²) >= 11 is 1.70. The third kappa shape index (κ3) is 1.70. The molecule has 0 radical (unpaired) electrons. The fourth-order valence-corrected chi connectivity index (χ4v) is 4.49. The molecule has 3 heterocycles. The molecule has 1 aromatic heterocycles. The van der Waals surface area contributed by atoms with Crippen molar-refractivity contribution in [2.45, 2.75) is 37.3 Å². The minimum atomic E-state index is -0.624. The minimum absolute atomic E-state index is 0.223. The maximum absolute atomic E-state index is 11.6. The molecule has 1 N–H and O–H groups in total. The summed E-state index contributed by atoms with van der Waals surface area (Å²) in [6.07, 6.45) is 3.21. The third-order valence-corrected chi connectivity index (χ3v) is 5.47. The Bertz CT molecular complexity index is 417. The molecule has 2 fully saturated rings. The first-order valence-corrected chi connectivity index (χ1v) is 7.04. The van der Waals surface area contributed by atoms with E-state index in [1.807, 2.05) is 6.07 Å². The predicted molar refractivity (Wildman–Crippen MR) is 67.4 cm³/mol. The van der Waals surface area contributed by atoms with Gasteiger partial charge in [-0.2, -0.15) is 0 Å². The Morgan fingerprint density at radius 1 is 1.53 bits per heavy atom. The molecule has 0 aromatic carbocycles. The number of nitrogens with zero attached hydrogens (tertiary/aromatic N) is 1. The number of carbonyl (C=O) groups is 1. The van der Waals surface area contributed by atoms with Gasteiger partial charge in [-0.25, -0.2) is 0 Å². The summed E-state index contributed by atoms with van der Waals surface area (Å²) in [6, 6.07) is 4.94. The van der Waals surface area contributed by atoms with Gasteiger partial charge >= 0.3 is 5.97 Å². The molecule has 4 heteroatoms. The molecule has 0 saturated carbocycles. The zero-order valence-electron chi connectivity index (χ0n) is 9.87. The van der Waals surface area contributed by atoms with Crippen LogP contribution in [0.4, 0.5) is 0 Å². The van der Waals surface area contributed by atoms with Crippen LogP contribution in [0.15, 0.2) is 17.5 Å². The summed E-state index contributed by atoms with van der Waals surface area (Å²) in [4.78, 5) is 15.1. The first-order valence-electron chi connectivity index (χ1n) is 6.16. The molecule has 2 aliphatic rings. The van der Waals surface area contributed by atoms with E-state index in [0.717, 1.165) is 19.3 Å². The number of carboxylic acid groups (broad SMARTS) is 1. The number of carboxylic acids is 1. The fourth-order valence-electron chi connectivity index (χ4n) is 3.60. The van der Waals surface area contributed by atoms with Gasteiger partial charge in [-0.15, -0.1) is 11.3 Å². The Hall–Kier alpha value is -0.870. The molecule has 2 bridgehead atoms. The molecule has 17 heavy (non-hydrogen) atoms. The van der Waals surface area contributed by atoms with E-state index in [0.29, 0.717) is 6.04 Å². The molecular weight excluding hydrogens is 234 g/mol. The van der Waals surface area contributed by atoms with E-state index < -0.39 is 5.97 Å². The average Bonchev–Trinajstić information content (AvgIpc) is 2.86. The quantitative estimate of drug-likeness (QED) is 0.877. The molecule has 2 aliphatic heterocycles. The van der Waals surface area contributed by atoms with Crippen LogP contribution >= 0.6 is 11.3 Å². The van der Waals surface area contributed by atoms with Crippen molar-refractivity contribution >= 4 is 17.3 Å². The van der Waals surface area contributed by atoms with E-state index in [4.69, 9.17) is 0 Å². The Morgan fingerprint density at radius 2 is 2.35 bits per heavy atom. The number of aliphatic carboxylic acids is 1. The van der Waals surface area contributed by atoms with E-state index in [2.05, 4.69) is 23.4 Å². The molecule has 3 rings (SSSR count). The van der Waals surface area contributed by atoms with Crippen LogP contribution in [0, 0.1) is 5.92 Å². The number of piperidine rings is 1. The Kier molecular flexibility index (Phi) is 2.71. The van der Waals surface area contributed by atoms with Crippen LogP contribution in [0.2, 0.25) is 0 Å². The molecule has 0 amide bonds. The van der Waals surface area contributed by atoms with Crippen LogP contribution < -0.4 is 0 Å². The average molecular weight is 251 g/mol. The summed E-state index contributed by atoms with van der Waals surface area (Å²) in [5, 5.41) is 11.6. The van der Waals surface area contributed by atoms with Crippen LogP contribution in [-0.2, 0) is 4.79 Å². The number of fused-ring (bicyclic) bond motifs is 2. The molecule has 2 saturated heterocycles. The van der Waals surface area contributed by atoms with Crippen molar-refractivity contribution in [1.82, 2.24) is 4.90 Å². The molecule has 92 valence electrons. The van der Waals surface area contributed by atoms with Crippen molar-refractivity contribution in [3.05, 3.63) is 22.4 Å². The van der Waals surface area contributed by atoms with Crippen molar-refractivity contribution < 1.29 is 9.90 Å². The monoisotopic (exact) mass is 251 g/mol. The fraction of sp³-hybridized carbons (Fsp3) is 0.615. The standard InChI is InChI=1S/C13H17NO2S/c1-14-8-4-5-10(14)12(13(15)16)9(7-8)11-3-2-6-17-11/h2-3,6,8-10,12H,4-5,7H2,1H3,(H,15,16)/t8?,9-,10?,12-/m1/s1. The Balaban J connectivity index is 1.96. The third-order valence-electron chi connectivity index (χ3n) is 4.46. The van der Waals surface area contributed by atoms with Gasteiger partial charge in [-0.3, -0.25) is 9.69 Å². The number of thiophene rings is 1. The van der Waals surface area contributed by atoms with E-state index >= 15 is 0 Å². The van der Waals surface area contributed by atoms with Crippen LogP contribution in [0.25, 0.3) is 0 Å². The highest BCUT2D eigenvalue weighted by atomic mass is 32.1. The van der Waals surface area contributed by atoms with E-state index in [-0.39, 0.29) is 17.9 Å². The van der Waals surface area contributed by atoms with Gasteiger partial charge in [0.2, 0.25) is 0 Å². The van der Waals surface area contributed by atoms with Crippen molar-refractivity contribution in [2.24, 2.45) is 5.92 Å². The smallest absolute Gasteiger partial charge is 0.308 e. The normalized spacial score (nSPS) is 37.2. The van der Waals surface area contributed by atoms with Gasteiger partial charge in [0.1, 0.15) is 0 Å². The lowest BCUT2D eigenvalue weighted by atomic mass is 9.79. The summed E-state index contributed by atoms with van der Waals surface area (Å²) in [6.45, 7) is 0. The minimum Gasteiger partial charge on any atom is -0.481 e. The van der Waals surface area contributed by atoms with E-state index in [1.54, 1.807) is 11.3 Å². The molecule has 0 aliphatic carbocycles. The summed E-state index contributed by atoms with van der Waals surface area (Å²) in [5.41, 5.74) is 0. The molecule has 0 spiro atoms. The maximum Gasteiger partial charge on any atom is 0.308 e. The summed E-state index contributed by atoms with van der Waals surface area (Å²) in [5.74, 6) is -0.626. The van der Waals surface area contributed by atoms with Gasteiger partial charge < -0.3 is 5.11 Å². The van der Waals surface area contributed by atoms with Crippen LogP contribution in [0.3, 0.4) is 0 Å². The second kappa shape index (κ2) is 4.10. The zero-order valence-corrected chi connectivity index (χ0v) is 10.7. The van der Waals surface area contributed by atoms with Crippen LogP contribution in [0.5, 0.6) is 0 Å². The molecule has 3 nitrogen and oxygen atoms in total. The zero-order chi connectivity index (χ0) is 12.0. The largest absolute Gasteiger partial charge is 0.481 e. The van der Waals surface area contributed by atoms with Gasteiger partial charge in [-0.05, 0) is 37.8 Å². The Labute approximate surface area is 105 Å². The van der Waals surface area contributed by atoms with Gasteiger partial charge in [0, 0.05) is 22.9 Å². The second-order valence-electron chi connectivity index (χ2n) is 5.19. The van der Waals surface area contributed by atoms with Crippen molar-refractivity contribution in [3.8, 4) is 0 Å². The van der Waals surface area contributed by atoms with E-state index in [1.165, 1.54) is 4.88 Å². The van der Waals surface area contributed by atoms with E-state index in [9.17, 15) is 9.90 Å². The topological polar surface area (TPSA) is 40.5 Å². The number of hydrogen-bond acceptors (Lipinski definition) is 3. The lowest BCUT2D eigenvalue weighted by Gasteiger charge is -2.40. The number of hydrogen-bond donors (Lipinski definition) is 1. The first kappa shape index (κ1) is 11.2. The van der Waals surface area contributed by atoms with Crippen LogP contribution in [0.1, 0.15) is 30.1 Å². The SMILES string of the molecule is CN1C2CCC1[C@H](C(=O)O)[C@@H](c1cccs1)C2. The Morgan fingerprint density at radius 3 is 3.00 bits per heavy atom. The highest BCUT2D eigenvalue weighted by Crippen LogP contribution is 2.47. The summed E-state index contributed by atoms with van der Waals surface area (Å²) < 4.78 is 0. The highest BCUT2D eigenvalue weighted by Gasteiger charge is 2.49. The maximum atomic E-state index is 11.6. The predicted octanol–water partition coefficient (Wildman–Crippen LogP) is 2.40. The van der Waals surface area contributed by atoms with Crippen molar-refractivity contribution in [3.63, 3.8) is 0 Å². The second-order valence-corrected chi connectivity index (χ2v) is 6.16. The lowest BCUT2D eigenvalue weighted by Crippen LogP contribution is -2.48. The first-order chi connectivity index (χ1) is 8.18. The van der Waals surface area contributed by atoms with Gasteiger partial charge in [-0.1, -0.05) is 6.07 Å². The highest BCUT2D eigenvalue weighted by molar-refractivity contribution is 7.10. The molecular formula is C13H17NO2S. The van der Waals surface area contributed by atoms with Gasteiger partial charge in [0.05, 0.1) is 5.92 Å². The molecule has 4 atom stereocenters. The van der Waals surface area contributed by atoms with Gasteiger partial charge in [0.25, 0.3) is 0 Å².